The highest BCUT2D eigenvalue weighted by molar-refractivity contribution is 5.68. The minimum atomic E-state index is -4.41. The number of likely N-dealkylation sites (tertiary alicyclic amines) is 1. The first-order chi connectivity index (χ1) is 13.4. The van der Waals surface area contributed by atoms with E-state index >= 15 is 0 Å². The van der Waals surface area contributed by atoms with Crippen molar-refractivity contribution >= 4 is 6.09 Å². The summed E-state index contributed by atoms with van der Waals surface area (Å²) in [6, 6.07) is 13.1. The lowest BCUT2D eigenvalue weighted by atomic mass is 10.2. The second-order valence-corrected chi connectivity index (χ2v) is 6.53. The maximum absolute atomic E-state index is 12.6. The number of rotatable bonds is 5. The molecule has 1 saturated heterocycles. The summed E-state index contributed by atoms with van der Waals surface area (Å²) in [5.74, 6) is 0.272. The number of hydrogen-bond donors (Lipinski definition) is 1. The average molecular weight is 395 g/mol. The number of nitrogens with zero attached hydrogens (tertiary/aromatic N) is 1. The van der Waals surface area contributed by atoms with Crippen LogP contribution >= 0.6 is 0 Å². The van der Waals surface area contributed by atoms with Crippen LogP contribution in [0.25, 0.3) is 0 Å². The van der Waals surface area contributed by atoms with E-state index in [1.807, 2.05) is 30.3 Å². The molecule has 3 rings (SSSR count). The second-order valence-electron chi connectivity index (χ2n) is 6.53. The minimum absolute atomic E-state index is 0.110. The number of ether oxygens (including phenoxy) is 2. The molecule has 0 unspecified atom stereocenters. The van der Waals surface area contributed by atoms with Gasteiger partial charge in [-0.1, -0.05) is 30.3 Å². The highest BCUT2D eigenvalue weighted by atomic mass is 19.4. The summed E-state index contributed by atoms with van der Waals surface area (Å²) < 4.78 is 48.9. The Morgan fingerprint density at radius 3 is 2.39 bits per heavy atom. The third kappa shape index (κ3) is 4.95. The van der Waals surface area contributed by atoms with Crippen molar-refractivity contribution in [2.24, 2.45) is 0 Å². The van der Waals surface area contributed by atoms with Crippen LogP contribution in [0.1, 0.15) is 17.5 Å². The van der Waals surface area contributed by atoms with Crippen molar-refractivity contribution in [2.75, 3.05) is 13.2 Å². The van der Waals surface area contributed by atoms with Crippen LogP contribution in [0.15, 0.2) is 54.6 Å². The van der Waals surface area contributed by atoms with Crippen LogP contribution in [0.4, 0.5) is 18.0 Å². The molecule has 0 saturated carbocycles. The maximum Gasteiger partial charge on any atom is 0.416 e. The fourth-order valence-corrected chi connectivity index (χ4v) is 3.07. The third-order valence-corrected chi connectivity index (χ3v) is 4.51. The van der Waals surface area contributed by atoms with Crippen LogP contribution in [0.5, 0.6) is 5.75 Å². The van der Waals surface area contributed by atoms with Crippen molar-refractivity contribution in [3.8, 4) is 5.75 Å². The zero-order valence-corrected chi connectivity index (χ0v) is 14.9. The molecule has 0 radical (unpaired) electrons. The molecule has 1 amide bonds. The standard InChI is InChI=1S/C20H20F3NO4/c21-20(22,23)15-6-8-17(9-7-15)28-18-10-16(12-25)24(11-18)19(26)27-13-14-4-2-1-3-5-14/h1-9,16,18,25H,10-13H2/t16-,18+/m0/s1. The number of benzene rings is 2. The molecular weight excluding hydrogens is 375 g/mol. The van der Waals surface area contributed by atoms with Gasteiger partial charge in [-0.15, -0.1) is 0 Å². The lowest BCUT2D eigenvalue weighted by Crippen LogP contribution is -2.38. The summed E-state index contributed by atoms with van der Waals surface area (Å²) in [6.45, 7) is 0.0337. The number of aliphatic hydroxyl groups is 1. The van der Waals surface area contributed by atoms with Crippen molar-refractivity contribution in [1.29, 1.82) is 0 Å². The summed E-state index contributed by atoms with van der Waals surface area (Å²) in [7, 11) is 0. The molecule has 0 aromatic heterocycles. The average Bonchev–Trinajstić information content (AvgIpc) is 3.09. The van der Waals surface area contributed by atoms with Crippen molar-refractivity contribution in [1.82, 2.24) is 4.90 Å². The molecule has 2 atom stereocenters. The molecule has 8 heteroatoms. The molecule has 1 aliphatic rings. The summed E-state index contributed by atoms with van der Waals surface area (Å²) in [4.78, 5) is 13.7. The molecule has 2 aromatic rings. The molecule has 150 valence electrons. The number of amides is 1. The third-order valence-electron chi connectivity index (χ3n) is 4.51. The smallest absolute Gasteiger partial charge is 0.416 e. The van der Waals surface area contributed by atoms with E-state index in [9.17, 15) is 23.1 Å². The van der Waals surface area contributed by atoms with Gasteiger partial charge in [0.2, 0.25) is 0 Å². The van der Waals surface area contributed by atoms with E-state index in [-0.39, 0.29) is 25.5 Å². The van der Waals surface area contributed by atoms with E-state index in [0.29, 0.717) is 6.42 Å². The molecule has 0 aliphatic carbocycles. The van der Waals surface area contributed by atoms with Crippen LogP contribution in [-0.2, 0) is 17.5 Å². The molecule has 5 nitrogen and oxygen atoms in total. The topological polar surface area (TPSA) is 59.0 Å². The largest absolute Gasteiger partial charge is 0.489 e. The van der Waals surface area contributed by atoms with Crippen LogP contribution < -0.4 is 4.74 Å². The van der Waals surface area contributed by atoms with Crippen LogP contribution in [0.2, 0.25) is 0 Å². The summed E-state index contributed by atoms with van der Waals surface area (Å²) in [5.41, 5.74) is 0.0822. The number of carbonyl (C=O) groups excluding carboxylic acids is 1. The Bertz CT molecular complexity index is 780. The molecule has 1 heterocycles. The van der Waals surface area contributed by atoms with E-state index in [1.54, 1.807) is 0 Å². The van der Waals surface area contributed by atoms with Gasteiger partial charge < -0.3 is 14.6 Å². The fraction of sp³-hybridized carbons (Fsp3) is 0.350. The van der Waals surface area contributed by atoms with E-state index in [1.165, 1.54) is 17.0 Å². The van der Waals surface area contributed by atoms with Gasteiger partial charge in [0.25, 0.3) is 0 Å². The number of carbonyl (C=O) groups is 1. The van der Waals surface area contributed by atoms with E-state index in [2.05, 4.69) is 0 Å². The van der Waals surface area contributed by atoms with Gasteiger partial charge in [0.1, 0.15) is 18.5 Å². The number of halogens is 3. The van der Waals surface area contributed by atoms with Gasteiger partial charge in [0.15, 0.2) is 0 Å². The SMILES string of the molecule is O=C(OCc1ccccc1)N1C[C@H](Oc2ccc(C(F)(F)F)cc2)C[C@H]1CO. The molecule has 2 aromatic carbocycles. The maximum atomic E-state index is 12.6. The monoisotopic (exact) mass is 395 g/mol. The van der Waals surface area contributed by atoms with Crippen molar-refractivity contribution in [2.45, 2.75) is 31.3 Å². The lowest BCUT2D eigenvalue weighted by molar-refractivity contribution is -0.137. The van der Waals surface area contributed by atoms with Crippen molar-refractivity contribution < 1.29 is 32.5 Å². The minimum Gasteiger partial charge on any atom is -0.489 e. The molecule has 28 heavy (non-hydrogen) atoms. The Labute approximate surface area is 160 Å². The van der Waals surface area contributed by atoms with Crippen LogP contribution in [-0.4, -0.2) is 41.4 Å². The van der Waals surface area contributed by atoms with Gasteiger partial charge in [-0.05, 0) is 29.8 Å². The number of aliphatic hydroxyl groups excluding tert-OH is 1. The van der Waals surface area contributed by atoms with Gasteiger partial charge in [-0.2, -0.15) is 13.2 Å². The van der Waals surface area contributed by atoms with Crippen LogP contribution in [0, 0.1) is 0 Å². The first kappa shape index (κ1) is 20.0. The molecule has 0 bridgehead atoms. The first-order valence-electron chi connectivity index (χ1n) is 8.79. The Hall–Kier alpha value is -2.74. The Morgan fingerprint density at radius 2 is 1.79 bits per heavy atom. The van der Waals surface area contributed by atoms with E-state index < -0.39 is 30.0 Å². The molecular formula is C20H20F3NO4. The molecule has 1 fully saturated rings. The van der Waals surface area contributed by atoms with Crippen molar-refractivity contribution in [3.63, 3.8) is 0 Å². The van der Waals surface area contributed by atoms with Gasteiger partial charge in [-0.25, -0.2) is 4.79 Å². The van der Waals surface area contributed by atoms with Gasteiger partial charge >= 0.3 is 12.3 Å². The second kappa shape index (κ2) is 8.52. The highest BCUT2D eigenvalue weighted by Gasteiger charge is 2.37. The van der Waals surface area contributed by atoms with Gasteiger partial charge in [0, 0.05) is 6.42 Å². The number of alkyl halides is 3. The molecule has 1 aliphatic heterocycles. The predicted octanol–water partition coefficient (Wildman–Crippen LogP) is 3.86. The van der Waals surface area contributed by atoms with Crippen molar-refractivity contribution in [3.05, 3.63) is 65.7 Å². The van der Waals surface area contributed by atoms with Crippen LogP contribution in [0.3, 0.4) is 0 Å². The fourth-order valence-electron chi connectivity index (χ4n) is 3.07. The quantitative estimate of drug-likeness (QED) is 0.835. The summed E-state index contributed by atoms with van der Waals surface area (Å²) in [5, 5.41) is 9.55. The zero-order valence-electron chi connectivity index (χ0n) is 14.9. The van der Waals surface area contributed by atoms with Gasteiger partial charge in [-0.3, -0.25) is 4.90 Å². The highest BCUT2D eigenvalue weighted by Crippen LogP contribution is 2.31. The molecule has 1 N–H and O–H groups in total. The Morgan fingerprint density at radius 1 is 1.11 bits per heavy atom. The van der Waals surface area contributed by atoms with E-state index in [0.717, 1.165) is 17.7 Å². The predicted molar refractivity (Wildman–Crippen MR) is 94.7 cm³/mol. The Balaban J connectivity index is 1.57. The Kier molecular flexibility index (Phi) is 6.08. The first-order valence-corrected chi connectivity index (χ1v) is 8.79. The normalized spacial score (nSPS) is 19.5. The lowest BCUT2D eigenvalue weighted by Gasteiger charge is -2.21. The van der Waals surface area contributed by atoms with Gasteiger partial charge in [0.05, 0.1) is 24.8 Å². The van der Waals surface area contributed by atoms with E-state index in [4.69, 9.17) is 9.47 Å². The zero-order chi connectivity index (χ0) is 20.1. The summed E-state index contributed by atoms with van der Waals surface area (Å²) in [6.07, 6.45) is -5.06. The molecule has 0 spiro atoms. The summed E-state index contributed by atoms with van der Waals surface area (Å²) >= 11 is 0. The number of hydrogen-bond acceptors (Lipinski definition) is 4.